The molecule has 1 aliphatic rings. The van der Waals surface area contributed by atoms with Crippen molar-refractivity contribution in [2.45, 2.75) is 19.3 Å². The van der Waals surface area contributed by atoms with Gasteiger partial charge < -0.3 is 0 Å². The van der Waals surface area contributed by atoms with Crippen molar-refractivity contribution in [3.63, 3.8) is 0 Å². The van der Waals surface area contributed by atoms with E-state index in [1.165, 1.54) is 0 Å². The molecule has 13 heavy (non-hydrogen) atoms. The molecule has 0 aromatic carbocycles. The predicted molar refractivity (Wildman–Crippen MR) is 53.4 cm³/mol. The molecule has 1 saturated carbocycles. The molecule has 0 atom stereocenters. The van der Waals surface area contributed by atoms with E-state index in [1.54, 1.807) is 6.20 Å². The second-order valence-corrected chi connectivity index (χ2v) is 4.30. The van der Waals surface area contributed by atoms with E-state index < -0.39 is 0 Å². The Kier molecular flexibility index (Phi) is 2.44. The molecule has 1 heterocycles. The Morgan fingerprint density at radius 3 is 3.00 bits per heavy atom. The van der Waals surface area contributed by atoms with Gasteiger partial charge in [0.1, 0.15) is 5.78 Å². The molecule has 0 radical (unpaired) electrons. The van der Waals surface area contributed by atoms with Gasteiger partial charge in [0.25, 0.3) is 0 Å². The molecular weight excluding hydrogens is 230 g/mol. The fourth-order valence-electron chi connectivity index (χ4n) is 1.27. The lowest BCUT2D eigenvalue weighted by atomic mass is 10.1. The molecule has 0 aliphatic heterocycles. The maximum atomic E-state index is 11.4. The zero-order valence-corrected chi connectivity index (χ0v) is 8.75. The Bertz CT molecular complexity index is 333. The number of halogens is 1. The first-order valence-corrected chi connectivity index (χ1v) is 5.18. The first-order chi connectivity index (χ1) is 6.25. The number of rotatable bonds is 3. The summed E-state index contributed by atoms with van der Waals surface area (Å²) in [5.74, 6) is 0.673. The summed E-state index contributed by atoms with van der Waals surface area (Å²) in [7, 11) is 0. The summed E-state index contributed by atoms with van der Waals surface area (Å²) < 4.78 is 0.987. The zero-order chi connectivity index (χ0) is 9.26. The number of ketones is 1. The molecule has 1 aromatic rings. The van der Waals surface area contributed by atoms with Crippen molar-refractivity contribution in [2.24, 2.45) is 5.92 Å². The van der Waals surface area contributed by atoms with Gasteiger partial charge in [0, 0.05) is 28.7 Å². The van der Waals surface area contributed by atoms with Crippen LogP contribution in [0.15, 0.2) is 22.8 Å². The third-order valence-corrected chi connectivity index (χ3v) is 2.66. The van der Waals surface area contributed by atoms with Gasteiger partial charge in [-0.25, -0.2) is 0 Å². The highest BCUT2D eigenvalue weighted by Gasteiger charge is 2.29. The first kappa shape index (κ1) is 8.88. The third kappa shape index (κ3) is 2.37. The van der Waals surface area contributed by atoms with Crippen molar-refractivity contribution >= 4 is 21.7 Å². The number of hydrogen-bond donors (Lipinski definition) is 0. The number of Topliss-reactive ketones (excluding diaryl/α,β-unsaturated/α-hetero) is 1. The first-order valence-electron chi connectivity index (χ1n) is 4.39. The molecule has 1 aliphatic carbocycles. The molecule has 0 saturated heterocycles. The largest absolute Gasteiger partial charge is 0.299 e. The molecule has 0 N–H and O–H groups in total. The lowest BCUT2D eigenvalue weighted by Gasteiger charge is -1.98. The van der Waals surface area contributed by atoms with E-state index in [9.17, 15) is 4.79 Å². The molecular formula is C10H10BrNO. The fourth-order valence-corrected chi connectivity index (χ4v) is 1.66. The lowest BCUT2D eigenvalue weighted by Crippen LogP contribution is -2.05. The summed E-state index contributed by atoms with van der Waals surface area (Å²) in [4.78, 5) is 15.6. The van der Waals surface area contributed by atoms with E-state index in [1.807, 2.05) is 12.1 Å². The molecule has 68 valence electrons. The Morgan fingerprint density at radius 1 is 1.62 bits per heavy atom. The molecule has 2 nitrogen and oxygen atoms in total. The Balaban J connectivity index is 2.04. The minimum absolute atomic E-state index is 0.334. The van der Waals surface area contributed by atoms with Gasteiger partial charge in [0.15, 0.2) is 0 Å². The van der Waals surface area contributed by atoms with Crippen LogP contribution in [-0.4, -0.2) is 10.8 Å². The van der Waals surface area contributed by atoms with Gasteiger partial charge >= 0.3 is 0 Å². The Labute approximate surface area is 85.5 Å². The number of aromatic nitrogens is 1. The summed E-state index contributed by atoms with van der Waals surface area (Å²) >= 11 is 3.35. The topological polar surface area (TPSA) is 30.0 Å². The van der Waals surface area contributed by atoms with E-state index in [2.05, 4.69) is 20.9 Å². The van der Waals surface area contributed by atoms with Gasteiger partial charge in [0.2, 0.25) is 0 Å². The summed E-state index contributed by atoms with van der Waals surface area (Å²) in [5.41, 5.74) is 0.867. The number of pyridine rings is 1. The Hall–Kier alpha value is -0.700. The Morgan fingerprint density at radius 2 is 2.38 bits per heavy atom. The van der Waals surface area contributed by atoms with Crippen LogP contribution in [0.3, 0.4) is 0 Å². The van der Waals surface area contributed by atoms with Crippen LogP contribution in [-0.2, 0) is 11.2 Å². The number of nitrogens with zero attached hydrogens (tertiary/aromatic N) is 1. The van der Waals surface area contributed by atoms with Gasteiger partial charge in [-0.3, -0.25) is 9.78 Å². The quantitative estimate of drug-likeness (QED) is 0.811. The van der Waals surface area contributed by atoms with Crippen LogP contribution in [0.25, 0.3) is 0 Å². The fraction of sp³-hybridized carbons (Fsp3) is 0.400. The van der Waals surface area contributed by atoms with E-state index in [0.29, 0.717) is 18.1 Å². The molecule has 1 aromatic heterocycles. The molecule has 0 spiro atoms. The summed E-state index contributed by atoms with van der Waals surface area (Å²) in [6, 6.07) is 3.77. The maximum Gasteiger partial charge on any atom is 0.141 e. The molecule has 2 rings (SSSR count). The van der Waals surface area contributed by atoms with E-state index in [-0.39, 0.29) is 0 Å². The van der Waals surface area contributed by atoms with Crippen LogP contribution in [0.1, 0.15) is 18.5 Å². The number of hydrogen-bond acceptors (Lipinski definition) is 2. The standard InChI is InChI=1S/C10H10BrNO/c11-8-3-4-12-9(5-8)6-10(13)7-1-2-7/h3-5,7H,1-2,6H2. The van der Waals surface area contributed by atoms with Gasteiger partial charge in [-0.1, -0.05) is 15.9 Å². The van der Waals surface area contributed by atoms with Gasteiger partial charge in [0.05, 0.1) is 0 Å². The average molecular weight is 240 g/mol. The van der Waals surface area contributed by atoms with E-state index in [4.69, 9.17) is 0 Å². The minimum atomic E-state index is 0.334. The van der Waals surface area contributed by atoms with Crippen molar-refractivity contribution < 1.29 is 4.79 Å². The maximum absolute atomic E-state index is 11.4. The smallest absolute Gasteiger partial charge is 0.141 e. The normalized spacial score (nSPS) is 15.8. The van der Waals surface area contributed by atoms with Gasteiger partial charge in [-0.15, -0.1) is 0 Å². The highest BCUT2D eigenvalue weighted by Crippen LogP contribution is 2.30. The lowest BCUT2D eigenvalue weighted by molar-refractivity contribution is -0.119. The van der Waals surface area contributed by atoms with E-state index >= 15 is 0 Å². The molecule has 0 unspecified atom stereocenters. The highest BCUT2D eigenvalue weighted by molar-refractivity contribution is 9.10. The van der Waals surface area contributed by atoms with Crippen LogP contribution >= 0.6 is 15.9 Å². The zero-order valence-electron chi connectivity index (χ0n) is 7.16. The van der Waals surface area contributed by atoms with Gasteiger partial charge in [-0.05, 0) is 25.0 Å². The number of carbonyl (C=O) groups is 1. The van der Waals surface area contributed by atoms with Crippen LogP contribution in [0.5, 0.6) is 0 Å². The third-order valence-electron chi connectivity index (χ3n) is 2.17. The molecule has 3 heteroatoms. The second-order valence-electron chi connectivity index (χ2n) is 3.38. The second kappa shape index (κ2) is 3.58. The number of carbonyl (C=O) groups excluding carboxylic acids is 1. The summed E-state index contributed by atoms with van der Waals surface area (Å²) in [6.45, 7) is 0. The molecule has 0 bridgehead atoms. The van der Waals surface area contributed by atoms with Crippen molar-refractivity contribution in [3.05, 3.63) is 28.5 Å². The summed E-state index contributed by atoms with van der Waals surface area (Å²) in [5, 5.41) is 0. The summed E-state index contributed by atoms with van der Waals surface area (Å²) in [6.07, 6.45) is 4.36. The van der Waals surface area contributed by atoms with Crippen LogP contribution < -0.4 is 0 Å². The molecule has 0 amide bonds. The van der Waals surface area contributed by atoms with Crippen molar-refractivity contribution in [3.8, 4) is 0 Å². The van der Waals surface area contributed by atoms with Crippen molar-refractivity contribution in [1.29, 1.82) is 0 Å². The predicted octanol–water partition coefficient (Wildman–Crippen LogP) is 2.37. The van der Waals surface area contributed by atoms with E-state index in [0.717, 1.165) is 23.0 Å². The highest BCUT2D eigenvalue weighted by atomic mass is 79.9. The SMILES string of the molecule is O=C(Cc1cc(Br)ccn1)C1CC1. The van der Waals surface area contributed by atoms with Crippen LogP contribution in [0.4, 0.5) is 0 Å². The average Bonchev–Trinajstić information content (AvgIpc) is 2.85. The minimum Gasteiger partial charge on any atom is -0.299 e. The van der Waals surface area contributed by atoms with Crippen molar-refractivity contribution in [2.75, 3.05) is 0 Å². The molecule has 1 fully saturated rings. The monoisotopic (exact) mass is 239 g/mol. The van der Waals surface area contributed by atoms with Crippen LogP contribution in [0, 0.1) is 5.92 Å². The van der Waals surface area contributed by atoms with Crippen molar-refractivity contribution in [1.82, 2.24) is 4.98 Å². The van der Waals surface area contributed by atoms with Gasteiger partial charge in [-0.2, -0.15) is 0 Å². The van der Waals surface area contributed by atoms with Crippen LogP contribution in [0.2, 0.25) is 0 Å².